The van der Waals surface area contributed by atoms with Gasteiger partial charge in [-0.2, -0.15) is 0 Å². The molecule has 0 heterocycles. The third-order valence-corrected chi connectivity index (χ3v) is 2.91. The van der Waals surface area contributed by atoms with Crippen molar-refractivity contribution in [2.45, 2.75) is 4.90 Å². The van der Waals surface area contributed by atoms with Crippen LogP contribution in [0.5, 0.6) is 0 Å². The Morgan fingerprint density at radius 3 is 2.38 bits per heavy atom. The van der Waals surface area contributed by atoms with Gasteiger partial charge in [0, 0.05) is 31.1 Å². The van der Waals surface area contributed by atoms with Gasteiger partial charge >= 0.3 is 0 Å². The minimum absolute atomic E-state index is 0.0170. The average molecular weight is 240 g/mol. The van der Waals surface area contributed by atoms with E-state index in [-0.39, 0.29) is 11.6 Å². The van der Waals surface area contributed by atoms with Crippen molar-refractivity contribution in [1.29, 1.82) is 0 Å². The molecule has 0 bridgehead atoms. The third-order valence-electron chi connectivity index (χ3n) is 1.91. The van der Waals surface area contributed by atoms with Crippen LogP contribution in [0.2, 0.25) is 0 Å². The molecule has 0 aliphatic heterocycles. The Morgan fingerprint density at radius 1 is 1.38 bits per heavy atom. The van der Waals surface area contributed by atoms with Gasteiger partial charge in [-0.05, 0) is 12.1 Å². The largest absolute Gasteiger partial charge is 0.348 e. The quantitative estimate of drug-likeness (QED) is 0.457. The summed E-state index contributed by atoms with van der Waals surface area (Å²) in [6, 6.07) is 6.16. The summed E-state index contributed by atoms with van der Waals surface area (Å²) in [5.41, 5.74) is 0.0586. The van der Waals surface area contributed by atoms with Crippen LogP contribution in [-0.4, -0.2) is 35.6 Å². The first-order chi connectivity index (χ1) is 7.50. The lowest BCUT2D eigenvalue weighted by Crippen LogP contribution is -2.23. The Balaban J connectivity index is 2.56. The summed E-state index contributed by atoms with van der Waals surface area (Å²) < 4.78 is 0. The molecular formula is C10H12N2O3S. The second-order valence-corrected chi connectivity index (χ2v) is 4.38. The SMILES string of the molecule is CN(C)C(=O)CSc1ccc([N+](=O)[O-])cc1. The summed E-state index contributed by atoms with van der Waals surface area (Å²) in [4.78, 5) is 23.6. The Kier molecular flexibility index (Phi) is 4.30. The molecule has 0 aliphatic carbocycles. The van der Waals surface area contributed by atoms with E-state index in [2.05, 4.69) is 0 Å². The van der Waals surface area contributed by atoms with Gasteiger partial charge in [-0.25, -0.2) is 0 Å². The fraction of sp³-hybridized carbons (Fsp3) is 0.300. The fourth-order valence-electron chi connectivity index (χ4n) is 0.938. The molecule has 1 amide bonds. The Bertz CT molecular complexity index is 390. The Hall–Kier alpha value is -1.56. The molecule has 16 heavy (non-hydrogen) atoms. The normalized spacial score (nSPS) is 9.88. The highest BCUT2D eigenvalue weighted by molar-refractivity contribution is 8.00. The number of benzene rings is 1. The standard InChI is InChI=1S/C10H12N2O3S/c1-11(2)10(13)7-16-9-5-3-8(4-6-9)12(14)15/h3-6H,7H2,1-2H3. The summed E-state index contributed by atoms with van der Waals surface area (Å²) in [6.07, 6.45) is 0. The van der Waals surface area contributed by atoms with Gasteiger partial charge in [-0.15, -0.1) is 11.8 Å². The second-order valence-electron chi connectivity index (χ2n) is 3.33. The zero-order valence-corrected chi connectivity index (χ0v) is 9.86. The monoisotopic (exact) mass is 240 g/mol. The molecular weight excluding hydrogens is 228 g/mol. The highest BCUT2D eigenvalue weighted by Crippen LogP contribution is 2.21. The van der Waals surface area contributed by atoms with Crippen molar-refractivity contribution >= 4 is 23.4 Å². The topological polar surface area (TPSA) is 63.5 Å². The van der Waals surface area contributed by atoms with Crippen molar-refractivity contribution in [2.75, 3.05) is 19.8 Å². The molecule has 0 fully saturated rings. The van der Waals surface area contributed by atoms with Gasteiger partial charge in [-0.1, -0.05) is 0 Å². The molecule has 0 aliphatic rings. The second kappa shape index (κ2) is 5.50. The van der Waals surface area contributed by atoms with Crippen molar-refractivity contribution in [1.82, 2.24) is 4.90 Å². The number of carbonyl (C=O) groups is 1. The zero-order valence-electron chi connectivity index (χ0n) is 9.04. The van der Waals surface area contributed by atoms with E-state index < -0.39 is 4.92 Å². The molecule has 86 valence electrons. The highest BCUT2D eigenvalue weighted by Gasteiger charge is 2.07. The number of carbonyl (C=O) groups excluding carboxylic acids is 1. The van der Waals surface area contributed by atoms with E-state index in [4.69, 9.17) is 0 Å². The number of nitrogens with zero attached hydrogens (tertiary/aromatic N) is 2. The van der Waals surface area contributed by atoms with Crippen LogP contribution in [0.25, 0.3) is 0 Å². The molecule has 6 heteroatoms. The number of rotatable bonds is 4. The van der Waals surface area contributed by atoms with E-state index in [9.17, 15) is 14.9 Å². The minimum atomic E-state index is -0.445. The van der Waals surface area contributed by atoms with Gasteiger partial charge in [0.15, 0.2) is 0 Å². The van der Waals surface area contributed by atoms with Crippen molar-refractivity contribution in [3.8, 4) is 0 Å². The van der Waals surface area contributed by atoms with E-state index in [1.807, 2.05) is 0 Å². The van der Waals surface area contributed by atoms with E-state index in [1.165, 1.54) is 28.8 Å². The smallest absolute Gasteiger partial charge is 0.269 e. The molecule has 1 rings (SSSR count). The zero-order chi connectivity index (χ0) is 12.1. The van der Waals surface area contributed by atoms with Crippen LogP contribution in [-0.2, 0) is 4.79 Å². The Morgan fingerprint density at radius 2 is 1.94 bits per heavy atom. The lowest BCUT2D eigenvalue weighted by atomic mass is 10.3. The summed E-state index contributed by atoms with van der Waals surface area (Å²) in [6.45, 7) is 0. The molecule has 0 radical (unpaired) electrons. The fourth-order valence-corrected chi connectivity index (χ4v) is 1.82. The minimum Gasteiger partial charge on any atom is -0.348 e. The van der Waals surface area contributed by atoms with Crippen LogP contribution in [0, 0.1) is 10.1 Å². The van der Waals surface area contributed by atoms with Crippen LogP contribution in [0.15, 0.2) is 29.2 Å². The first-order valence-electron chi connectivity index (χ1n) is 4.58. The molecule has 0 atom stereocenters. The maximum absolute atomic E-state index is 11.3. The van der Waals surface area contributed by atoms with Gasteiger partial charge in [0.2, 0.25) is 5.91 Å². The van der Waals surface area contributed by atoms with Crippen LogP contribution in [0.3, 0.4) is 0 Å². The number of hydrogen-bond acceptors (Lipinski definition) is 4. The summed E-state index contributed by atoms with van der Waals surface area (Å²) in [7, 11) is 3.39. The molecule has 0 saturated heterocycles. The molecule has 1 aromatic carbocycles. The van der Waals surface area contributed by atoms with Gasteiger partial charge in [-0.3, -0.25) is 14.9 Å². The van der Waals surface area contributed by atoms with Crippen molar-refractivity contribution < 1.29 is 9.72 Å². The molecule has 1 aromatic rings. The van der Waals surface area contributed by atoms with Crippen LogP contribution < -0.4 is 0 Å². The first-order valence-corrected chi connectivity index (χ1v) is 5.56. The lowest BCUT2D eigenvalue weighted by Gasteiger charge is -2.09. The third kappa shape index (κ3) is 3.54. The molecule has 0 unspecified atom stereocenters. The predicted molar refractivity (Wildman–Crippen MR) is 62.5 cm³/mol. The van der Waals surface area contributed by atoms with E-state index in [1.54, 1.807) is 26.2 Å². The maximum Gasteiger partial charge on any atom is 0.269 e. The summed E-state index contributed by atoms with van der Waals surface area (Å²) >= 11 is 1.36. The maximum atomic E-state index is 11.3. The number of hydrogen-bond donors (Lipinski definition) is 0. The van der Waals surface area contributed by atoms with Crippen molar-refractivity contribution in [3.05, 3.63) is 34.4 Å². The molecule has 0 saturated carbocycles. The number of thioether (sulfide) groups is 1. The van der Waals surface area contributed by atoms with Gasteiger partial charge < -0.3 is 4.90 Å². The summed E-state index contributed by atoms with van der Waals surface area (Å²) in [5, 5.41) is 10.4. The molecule has 5 nitrogen and oxygen atoms in total. The molecule has 0 N–H and O–H groups in total. The predicted octanol–water partition coefficient (Wildman–Crippen LogP) is 1.78. The van der Waals surface area contributed by atoms with E-state index in [0.717, 1.165) is 4.90 Å². The molecule has 0 aromatic heterocycles. The average Bonchev–Trinajstić information content (AvgIpc) is 2.26. The molecule has 0 spiro atoms. The first kappa shape index (κ1) is 12.5. The highest BCUT2D eigenvalue weighted by atomic mass is 32.2. The van der Waals surface area contributed by atoms with Crippen LogP contribution >= 0.6 is 11.8 Å². The van der Waals surface area contributed by atoms with Gasteiger partial charge in [0.25, 0.3) is 5.69 Å². The van der Waals surface area contributed by atoms with Crippen LogP contribution in [0.4, 0.5) is 5.69 Å². The lowest BCUT2D eigenvalue weighted by molar-refractivity contribution is -0.384. The van der Waals surface area contributed by atoms with E-state index in [0.29, 0.717) is 5.75 Å². The van der Waals surface area contributed by atoms with Gasteiger partial charge in [0.05, 0.1) is 10.7 Å². The summed E-state index contributed by atoms with van der Waals surface area (Å²) in [5.74, 6) is 0.355. The van der Waals surface area contributed by atoms with Gasteiger partial charge in [0.1, 0.15) is 0 Å². The van der Waals surface area contributed by atoms with E-state index >= 15 is 0 Å². The van der Waals surface area contributed by atoms with Crippen molar-refractivity contribution in [3.63, 3.8) is 0 Å². The number of amides is 1. The Labute approximate surface area is 97.6 Å². The number of nitro benzene ring substituents is 1. The number of non-ortho nitro benzene ring substituents is 1. The van der Waals surface area contributed by atoms with Crippen molar-refractivity contribution in [2.24, 2.45) is 0 Å². The number of nitro groups is 1. The van der Waals surface area contributed by atoms with Crippen LogP contribution in [0.1, 0.15) is 0 Å².